The van der Waals surface area contributed by atoms with Gasteiger partial charge in [-0.3, -0.25) is 9.59 Å². The summed E-state index contributed by atoms with van der Waals surface area (Å²) in [5.41, 5.74) is 0.614. The van der Waals surface area contributed by atoms with Crippen molar-refractivity contribution in [3.63, 3.8) is 0 Å². The number of amides is 2. The van der Waals surface area contributed by atoms with Gasteiger partial charge in [0.25, 0.3) is 11.8 Å². The highest BCUT2D eigenvalue weighted by Gasteiger charge is 2.20. The smallest absolute Gasteiger partial charge is 0.286 e. The van der Waals surface area contributed by atoms with Crippen molar-refractivity contribution in [1.82, 2.24) is 20.4 Å². The van der Waals surface area contributed by atoms with E-state index in [1.54, 1.807) is 31.4 Å². The van der Waals surface area contributed by atoms with E-state index in [4.69, 9.17) is 4.74 Å². The summed E-state index contributed by atoms with van der Waals surface area (Å²) in [7, 11) is 1.58. The summed E-state index contributed by atoms with van der Waals surface area (Å²) < 4.78 is 5.08. The number of hydrogen-bond donors (Lipinski definition) is 2. The van der Waals surface area contributed by atoms with E-state index >= 15 is 0 Å². The standard InChI is InChI=1S/C19H25N5O3S/c1-13(24-11-3-4-12-24)9-10-20-16(25)18-22-23-19(28-18)17(26)21-14-5-7-15(27-2)8-6-14/h5-8,13H,3-4,9-12H2,1-2H3,(H,20,25)(H,21,26). The number of nitrogens with zero attached hydrogens (tertiary/aromatic N) is 3. The number of nitrogens with one attached hydrogen (secondary N) is 2. The highest BCUT2D eigenvalue weighted by Crippen LogP contribution is 2.17. The third-order valence-corrected chi connectivity index (χ3v) is 5.69. The average Bonchev–Trinajstić information content (AvgIpc) is 3.40. The van der Waals surface area contributed by atoms with Crippen molar-refractivity contribution >= 4 is 28.8 Å². The molecule has 8 nitrogen and oxygen atoms in total. The zero-order valence-electron chi connectivity index (χ0n) is 16.1. The summed E-state index contributed by atoms with van der Waals surface area (Å²) in [6, 6.07) is 7.40. The van der Waals surface area contributed by atoms with Crippen LogP contribution in [0, 0.1) is 0 Å². The third kappa shape index (κ3) is 5.26. The summed E-state index contributed by atoms with van der Waals surface area (Å²) in [4.78, 5) is 27.0. The van der Waals surface area contributed by atoms with Crippen LogP contribution in [-0.4, -0.2) is 59.7 Å². The van der Waals surface area contributed by atoms with Gasteiger partial charge in [-0.1, -0.05) is 11.3 Å². The first kappa shape index (κ1) is 20.2. The molecule has 0 saturated carbocycles. The monoisotopic (exact) mass is 403 g/mol. The van der Waals surface area contributed by atoms with Gasteiger partial charge < -0.3 is 20.3 Å². The number of hydrogen-bond acceptors (Lipinski definition) is 7. The molecule has 0 radical (unpaired) electrons. The lowest BCUT2D eigenvalue weighted by molar-refractivity contribution is 0.0947. The van der Waals surface area contributed by atoms with Crippen LogP contribution >= 0.6 is 11.3 Å². The fourth-order valence-electron chi connectivity index (χ4n) is 3.10. The summed E-state index contributed by atoms with van der Waals surface area (Å²) >= 11 is 0.979. The average molecular weight is 404 g/mol. The predicted molar refractivity (Wildman–Crippen MR) is 108 cm³/mol. The first-order valence-corrected chi connectivity index (χ1v) is 10.2. The SMILES string of the molecule is COc1ccc(NC(=O)c2nnc(C(=O)NCCC(C)N3CCCC3)s2)cc1. The number of rotatable bonds is 8. The highest BCUT2D eigenvalue weighted by atomic mass is 32.1. The Balaban J connectivity index is 1.47. The van der Waals surface area contributed by atoms with Crippen LogP contribution < -0.4 is 15.4 Å². The van der Waals surface area contributed by atoms with Crippen LogP contribution in [0.4, 0.5) is 5.69 Å². The second kappa shape index (κ2) is 9.61. The minimum absolute atomic E-state index is 0.145. The number of methoxy groups -OCH3 is 1. The first-order valence-electron chi connectivity index (χ1n) is 9.38. The Morgan fingerprint density at radius 1 is 1.14 bits per heavy atom. The Kier molecular flexibility index (Phi) is 6.94. The molecule has 1 unspecified atom stereocenters. The minimum atomic E-state index is -0.399. The fourth-order valence-corrected chi connectivity index (χ4v) is 3.76. The molecular formula is C19H25N5O3S. The van der Waals surface area contributed by atoms with Crippen molar-refractivity contribution in [1.29, 1.82) is 0 Å². The molecule has 2 N–H and O–H groups in total. The van der Waals surface area contributed by atoms with E-state index < -0.39 is 5.91 Å². The number of ether oxygens (including phenoxy) is 1. The molecule has 28 heavy (non-hydrogen) atoms. The highest BCUT2D eigenvalue weighted by molar-refractivity contribution is 7.15. The van der Waals surface area contributed by atoms with E-state index in [1.807, 2.05) is 0 Å². The lowest BCUT2D eigenvalue weighted by Gasteiger charge is -2.23. The quantitative estimate of drug-likeness (QED) is 0.703. The van der Waals surface area contributed by atoms with Gasteiger partial charge in [0.2, 0.25) is 10.0 Å². The molecule has 1 aromatic carbocycles. The molecule has 1 aliphatic rings. The number of benzene rings is 1. The molecule has 0 aliphatic carbocycles. The second-order valence-corrected chi connectivity index (χ2v) is 7.71. The lowest BCUT2D eigenvalue weighted by Crippen LogP contribution is -2.34. The van der Waals surface area contributed by atoms with Gasteiger partial charge in [-0.15, -0.1) is 10.2 Å². The summed E-state index contributed by atoms with van der Waals surface area (Å²) in [5.74, 6) is 0.00547. The first-order chi connectivity index (χ1) is 13.6. The van der Waals surface area contributed by atoms with Gasteiger partial charge in [0.15, 0.2) is 0 Å². The van der Waals surface area contributed by atoms with Crippen molar-refractivity contribution in [3.8, 4) is 5.75 Å². The van der Waals surface area contributed by atoms with Gasteiger partial charge in [-0.2, -0.15) is 0 Å². The van der Waals surface area contributed by atoms with Gasteiger partial charge in [-0.05, 0) is 63.5 Å². The molecule has 0 spiro atoms. The number of carbonyl (C=O) groups is 2. The number of likely N-dealkylation sites (tertiary alicyclic amines) is 1. The molecule has 150 valence electrons. The van der Waals surface area contributed by atoms with Gasteiger partial charge in [0.05, 0.1) is 7.11 Å². The topological polar surface area (TPSA) is 96.5 Å². The third-order valence-electron chi connectivity index (χ3n) is 4.77. The Morgan fingerprint density at radius 2 is 1.79 bits per heavy atom. The Morgan fingerprint density at radius 3 is 2.43 bits per heavy atom. The molecule has 1 aromatic heterocycles. The van der Waals surface area contributed by atoms with Crippen LogP contribution in [0.2, 0.25) is 0 Å². The van der Waals surface area contributed by atoms with E-state index in [0.717, 1.165) is 30.8 Å². The van der Waals surface area contributed by atoms with Crippen molar-refractivity contribution in [2.45, 2.75) is 32.2 Å². The van der Waals surface area contributed by atoms with Gasteiger partial charge >= 0.3 is 0 Å². The van der Waals surface area contributed by atoms with Crippen LogP contribution in [-0.2, 0) is 0 Å². The maximum atomic E-state index is 12.3. The predicted octanol–water partition coefficient (Wildman–Crippen LogP) is 2.40. The van der Waals surface area contributed by atoms with Crippen molar-refractivity contribution in [2.24, 2.45) is 0 Å². The molecule has 1 fully saturated rings. The number of anilines is 1. The van der Waals surface area contributed by atoms with E-state index in [1.165, 1.54) is 12.8 Å². The second-order valence-electron chi connectivity index (χ2n) is 6.73. The van der Waals surface area contributed by atoms with Crippen molar-refractivity contribution in [2.75, 3.05) is 32.1 Å². The zero-order valence-corrected chi connectivity index (χ0v) is 16.9. The number of aromatic nitrogens is 2. The minimum Gasteiger partial charge on any atom is -0.497 e. The zero-order chi connectivity index (χ0) is 19.9. The van der Waals surface area contributed by atoms with Crippen LogP contribution in [0.15, 0.2) is 24.3 Å². The lowest BCUT2D eigenvalue weighted by atomic mass is 10.2. The molecule has 3 rings (SSSR count). The van der Waals surface area contributed by atoms with E-state index in [9.17, 15) is 9.59 Å². The van der Waals surface area contributed by atoms with E-state index in [-0.39, 0.29) is 15.9 Å². The summed E-state index contributed by atoms with van der Waals surface area (Å²) in [6.45, 7) is 5.03. The van der Waals surface area contributed by atoms with Crippen molar-refractivity contribution < 1.29 is 14.3 Å². The Labute approximate surface area is 168 Å². The molecule has 1 aliphatic heterocycles. The molecule has 2 amide bonds. The van der Waals surface area contributed by atoms with Gasteiger partial charge in [0.1, 0.15) is 5.75 Å². The Bertz CT molecular complexity index is 802. The Hall–Kier alpha value is -2.52. The molecule has 9 heteroatoms. The molecule has 1 saturated heterocycles. The molecule has 0 bridgehead atoms. The number of carbonyl (C=O) groups excluding carboxylic acids is 2. The van der Waals surface area contributed by atoms with E-state index in [0.29, 0.717) is 24.0 Å². The fraction of sp³-hybridized carbons (Fsp3) is 0.474. The molecule has 1 atom stereocenters. The largest absolute Gasteiger partial charge is 0.497 e. The van der Waals surface area contributed by atoms with Crippen molar-refractivity contribution in [3.05, 3.63) is 34.3 Å². The van der Waals surface area contributed by atoms with Crippen LogP contribution in [0.1, 0.15) is 45.8 Å². The van der Waals surface area contributed by atoms with Crippen LogP contribution in [0.25, 0.3) is 0 Å². The normalized spacial score (nSPS) is 15.2. The summed E-state index contributed by atoms with van der Waals surface area (Å²) in [5, 5.41) is 13.6. The van der Waals surface area contributed by atoms with Crippen LogP contribution in [0.5, 0.6) is 5.75 Å². The molecule has 2 heterocycles. The summed E-state index contributed by atoms with van der Waals surface area (Å²) in [6.07, 6.45) is 3.39. The molecular weight excluding hydrogens is 378 g/mol. The maximum Gasteiger partial charge on any atom is 0.286 e. The van der Waals surface area contributed by atoms with Crippen LogP contribution in [0.3, 0.4) is 0 Å². The van der Waals surface area contributed by atoms with Gasteiger partial charge in [-0.25, -0.2) is 0 Å². The maximum absolute atomic E-state index is 12.3. The van der Waals surface area contributed by atoms with E-state index in [2.05, 4.69) is 32.7 Å². The molecule has 2 aromatic rings. The van der Waals surface area contributed by atoms with Gasteiger partial charge in [0, 0.05) is 18.3 Å².